The smallest absolute Gasteiger partial charge is 0.233 e. The summed E-state index contributed by atoms with van der Waals surface area (Å²) in [6.45, 7) is 4.62. The maximum Gasteiger partial charge on any atom is 0.233 e. The lowest BCUT2D eigenvalue weighted by Crippen LogP contribution is -2.44. The van der Waals surface area contributed by atoms with Gasteiger partial charge in [0.25, 0.3) is 0 Å². The summed E-state index contributed by atoms with van der Waals surface area (Å²) in [5, 5.41) is 3.75. The van der Waals surface area contributed by atoms with Crippen molar-refractivity contribution < 1.29 is 17.7 Å². The number of aryl methyl sites for hydroxylation is 1. The molecule has 0 bridgehead atoms. The number of likely N-dealkylation sites (tertiary alicyclic amines) is 1. The Morgan fingerprint density at radius 3 is 2.78 bits per heavy atom. The minimum Gasteiger partial charge on any atom is -0.360 e. The highest BCUT2D eigenvalue weighted by Gasteiger charge is 2.27. The molecule has 1 saturated heterocycles. The molecular formula is C15H25N3O4S. The van der Waals surface area contributed by atoms with Crippen molar-refractivity contribution in [2.45, 2.75) is 52.0 Å². The van der Waals surface area contributed by atoms with Crippen LogP contribution in [0.4, 0.5) is 5.82 Å². The van der Waals surface area contributed by atoms with Gasteiger partial charge in [-0.1, -0.05) is 12.1 Å². The first-order chi connectivity index (χ1) is 10.8. The lowest BCUT2D eigenvalue weighted by molar-refractivity contribution is -0.134. The molecule has 8 heteroatoms. The van der Waals surface area contributed by atoms with Crippen LogP contribution in [0.1, 0.15) is 44.8 Å². The van der Waals surface area contributed by atoms with Crippen LogP contribution in [0, 0.1) is 6.92 Å². The number of anilines is 1. The van der Waals surface area contributed by atoms with Crippen molar-refractivity contribution in [3.8, 4) is 0 Å². The predicted octanol–water partition coefficient (Wildman–Crippen LogP) is 1.93. The van der Waals surface area contributed by atoms with Gasteiger partial charge in [0.05, 0.1) is 6.26 Å². The molecule has 0 spiro atoms. The second-order valence-electron chi connectivity index (χ2n) is 6.03. The Bertz CT molecular complexity index is 641. The van der Waals surface area contributed by atoms with E-state index in [9.17, 15) is 13.2 Å². The molecule has 130 valence electrons. The van der Waals surface area contributed by atoms with E-state index in [1.54, 1.807) is 13.0 Å². The molecule has 0 N–H and O–H groups in total. The van der Waals surface area contributed by atoms with Crippen LogP contribution in [0.25, 0.3) is 0 Å². The summed E-state index contributed by atoms with van der Waals surface area (Å²) in [6, 6.07) is 1.83. The van der Waals surface area contributed by atoms with Gasteiger partial charge in [0.2, 0.25) is 15.9 Å². The highest BCUT2D eigenvalue weighted by molar-refractivity contribution is 7.92. The van der Waals surface area contributed by atoms with Crippen LogP contribution in [0.3, 0.4) is 0 Å². The van der Waals surface area contributed by atoms with Gasteiger partial charge in [0.15, 0.2) is 5.82 Å². The van der Waals surface area contributed by atoms with Crippen molar-refractivity contribution in [2.75, 3.05) is 23.7 Å². The highest BCUT2D eigenvalue weighted by Crippen LogP contribution is 2.22. The minimum atomic E-state index is -3.51. The molecule has 1 aliphatic rings. The van der Waals surface area contributed by atoms with Gasteiger partial charge < -0.3 is 9.42 Å². The van der Waals surface area contributed by atoms with E-state index in [1.165, 1.54) is 0 Å². The Morgan fingerprint density at radius 2 is 2.22 bits per heavy atom. The summed E-state index contributed by atoms with van der Waals surface area (Å²) in [4.78, 5) is 14.4. The topological polar surface area (TPSA) is 83.7 Å². The van der Waals surface area contributed by atoms with Gasteiger partial charge in [-0.2, -0.15) is 0 Å². The third-order valence-electron chi connectivity index (χ3n) is 4.22. The van der Waals surface area contributed by atoms with Crippen LogP contribution in [0.5, 0.6) is 0 Å². The van der Waals surface area contributed by atoms with Crippen LogP contribution >= 0.6 is 0 Å². The quantitative estimate of drug-likeness (QED) is 0.788. The van der Waals surface area contributed by atoms with E-state index in [4.69, 9.17) is 4.52 Å². The molecule has 2 rings (SSSR count). The fourth-order valence-corrected chi connectivity index (χ4v) is 3.86. The lowest BCUT2D eigenvalue weighted by Gasteiger charge is -2.35. The summed E-state index contributed by atoms with van der Waals surface area (Å²) in [6.07, 6.45) is 5.38. The zero-order chi connectivity index (χ0) is 17.0. The van der Waals surface area contributed by atoms with Crippen LogP contribution in [0.2, 0.25) is 0 Å². The van der Waals surface area contributed by atoms with Crippen LogP contribution < -0.4 is 4.31 Å². The van der Waals surface area contributed by atoms with Crippen LogP contribution in [0.15, 0.2) is 10.6 Å². The zero-order valence-electron chi connectivity index (χ0n) is 14.0. The molecular weight excluding hydrogens is 318 g/mol. The Morgan fingerprint density at radius 1 is 1.48 bits per heavy atom. The third-order valence-corrected chi connectivity index (χ3v) is 5.39. The average Bonchev–Trinajstić information content (AvgIpc) is 2.92. The SMILES string of the molecule is CCC1CCCCN1C(=O)CCN(c1cc(C)on1)S(C)(=O)=O. The molecule has 7 nitrogen and oxygen atoms in total. The lowest BCUT2D eigenvalue weighted by atomic mass is 9.99. The number of piperidine rings is 1. The first kappa shape index (κ1) is 17.8. The molecule has 1 atom stereocenters. The van der Waals surface area contributed by atoms with E-state index in [0.29, 0.717) is 5.76 Å². The predicted molar refractivity (Wildman–Crippen MR) is 87.7 cm³/mol. The van der Waals surface area contributed by atoms with E-state index in [2.05, 4.69) is 12.1 Å². The van der Waals surface area contributed by atoms with Gasteiger partial charge in [-0.25, -0.2) is 8.42 Å². The largest absolute Gasteiger partial charge is 0.360 e. The summed E-state index contributed by atoms with van der Waals surface area (Å²) in [5.74, 6) is 0.760. The molecule has 0 radical (unpaired) electrons. The second-order valence-corrected chi connectivity index (χ2v) is 7.93. The van der Waals surface area contributed by atoms with Crippen LogP contribution in [-0.4, -0.2) is 49.8 Å². The fraction of sp³-hybridized carbons (Fsp3) is 0.733. The number of nitrogens with zero attached hydrogens (tertiary/aromatic N) is 3. The normalized spacial score (nSPS) is 18.9. The molecule has 1 aromatic heterocycles. The zero-order valence-corrected chi connectivity index (χ0v) is 14.8. The number of hydrogen-bond acceptors (Lipinski definition) is 5. The Hall–Kier alpha value is -1.57. The van der Waals surface area contributed by atoms with Gasteiger partial charge >= 0.3 is 0 Å². The number of sulfonamides is 1. The van der Waals surface area contributed by atoms with Crippen molar-refractivity contribution in [3.05, 3.63) is 11.8 Å². The average molecular weight is 343 g/mol. The summed E-state index contributed by atoms with van der Waals surface area (Å²) in [7, 11) is -3.51. The molecule has 2 heterocycles. The fourth-order valence-electron chi connectivity index (χ4n) is 3.02. The van der Waals surface area contributed by atoms with E-state index in [1.807, 2.05) is 4.90 Å². The first-order valence-electron chi connectivity index (χ1n) is 8.03. The second kappa shape index (κ2) is 7.33. The standard InChI is InChI=1S/C15H25N3O4S/c1-4-13-7-5-6-9-17(13)15(19)8-10-18(23(3,20)21)14-11-12(2)22-16-14/h11,13H,4-10H2,1-3H3. The van der Waals surface area contributed by atoms with Crippen molar-refractivity contribution in [1.29, 1.82) is 0 Å². The highest BCUT2D eigenvalue weighted by atomic mass is 32.2. The number of hydrogen-bond donors (Lipinski definition) is 0. The van der Waals surface area contributed by atoms with E-state index < -0.39 is 10.0 Å². The van der Waals surface area contributed by atoms with E-state index >= 15 is 0 Å². The Balaban J connectivity index is 2.05. The van der Waals surface area contributed by atoms with E-state index in [-0.39, 0.29) is 30.7 Å². The van der Waals surface area contributed by atoms with Gasteiger partial charge in [-0.3, -0.25) is 9.10 Å². The molecule has 1 amide bonds. The Kier molecular flexibility index (Phi) is 5.67. The minimum absolute atomic E-state index is 0.00502. The van der Waals surface area contributed by atoms with Crippen molar-refractivity contribution >= 4 is 21.7 Å². The molecule has 0 aliphatic carbocycles. The maximum absolute atomic E-state index is 12.5. The summed E-state index contributed by atoms with van der Waals surface area (Å²) < 4.78 is 30.0. The van der Waals surface area contributed by atoms with Crippen molar-refractivity contribution in [1.82, 2.24) is 10.1 Å². The molecule has 1 fully saturated rings. The van der Waals surface area contributed by atoms with Crippen molar-refractivity contribution in [2.24, 2.45) is 0 Å². The Labute approximate surface area is 137 Å². The number of amides is 1. The summed E-state index contributed by atoms with van der Waals surface area (Å²) in [5.41, 5.74) is 0. The van der Waals surface area contributed by atoms with Gasteiger partial charge in [-0.05, 0) is 32.6 Å². The monoisotopic (exact) mass is 343 g/mol. The number of carbonyl (C=O) groups excluding carboxylic acids is 1. The molecule has 1 aliphatic heterocycles. The van der Waals surface area contributed by atoms with Gasteiger partial charge in [-0.15, -0.1) is 0 Å². The summed E-state index contributed by atoms with van der Waals surface area (Å²) >= 11 is 0. The molecule has 1 aromatic rings. The molecule has 1 unspecified atom stereocenters. The van der Waals surface area contributed by atoms with E-state index in [0.717, 1.165) is 42.8 Å². The molecule has 23 heavy (non-hydrogen) atoms. The number of rotatable bonds is 6. The van der Waals surface area contributed by atoms with Crippen LogP contribution in [-0.2, 0) is 14.8 Å². The van der Waals surface area contributed by atoms with Crippen molar-refractivity contribution in [3.63, 3.8) is 0 Å². The molecule has 0 saturated carbocycles. The maximum atomic E-state index is 12.5. The first-order valence-corrected chi connectivity index (χ1v) is 9.88. The van der Waals surface area contributed by atoms with Gasteiger partial charge in [0, 0.05) is 31.6 Å². The third kappa shape index (κ3) is 4.46. The number of aromatic nitrogens is 1. The number of carbonyl (C=O) groups is 1. The molecule has 0 aromatic carbocycles. The van der Waals surface area contributed by atoms with Gasteiger partial charge in [0.1, 0.15) is 5.76 Å².